The lowest BCUT2D eigenvalue weighted by Crippen LogP contribution is -2.54. The smallest absolute Gasteiger partial charge is 0.265 e. The molecule has 0 saturated heterocycles. The molecule has 0 saturated carbocycles. The van der Waals surface area contributed by atoms with Gasteiger partial charge in [-0.05, 0) is 56.5 Å². The Morgan fingerprint density at radius 3 is 2.04 bits per heavy atom. The fourth-order valence-corrected chi connectivity index (χ4v) is 6.32. The summed E-state index contributed by atoms with van der Waals surface area (Å²) < 4.78 is 51.4. The molecule has 0 aliphatic rings. The molecule has 11 nitrogen and oxygen atoms in total. The molecule has 0 unspecified atom stereocenters. The number of hydrogen-bond acceptors (Lipinski definition) is 8. The predicted octanol–water partition coefficient (Wildman–Crippen LogP) is 4.29. The van der Waals surface area contributed by atoms with Crippen LogP contribution in [0.1, 0.15) is 32.8 Å². The van der Waals surface area contributed by atoms with Crippen molar-refractivity contribution in [3.8, 4) is 23.0 Å². The lowest BCUT2D eigenvalue weighted by molar-refractivity contribution is -0.139. The number of rotatable bonds is 16. The fourth-order valence-electron chi connectivity index (χ4n) is 4.89. The summed E-state index contributed by atoms with van der Waals surface area (Å²) in [5.74, 6) is 0.214. The molecule has 244 valence electrons. The molecule has 0 heterocycles. The summed E-state index contributed by atoms with van der Waals surface area (Å²) in [4.78, 5) is 29.0. The van der Waals surface area contributed by atoms with Gasteiger partial charge in [-0.1, -0.05) is 37.3 Å². The molecular weight excluding hydrogens is 598 g/mol. The molecular formula is C33H43N3O8S. The third-order valence-electron chi connectivity index (χ3n) is 7.18. The van der Waals surface area contributed by atoms with Crippen molar-refractivity contribution < 1.29 is 37.0 Å². The van der Waals surface area contributed by atoms with Gasteiger partial charge in [0.05, 0.1) is 39.0 Å². The van der Waals surface area contributed by atoms with Gasteiger partial charge in [-0.3, -0.25) is 13.9 Å². The number of ether oxygens (including phenoxy) is 4. The van der Waals surface area contributed by atoms with Gasteiger partial charge in [-0.25, -0.2) is 8.42 Å². The number of carbonyl (C=O) groups excluding carboxylic acids is 2. The summed E-state index contributed by atoms with van der Waals surface area (Å²) in [6, 6.07) is 17.4. The van der Waals surface area contributed by atoms with E-state index in [-0.39, 0.29) is 40.6 Å². The van der Waals surface area contributed by atoms with E-state index in [9.17, 15) is 18.0 Å². The molecule has 3 rings (SSSR count). The standard InChI is InChI=1S/C33H43N3O8S/c1-8-27(33(38)34-23(2)3)35(19-18-24-12-10-9-11-13-24)32(37)22-36(28-20-25(41-4)14-16-29(28)42-5)45(39,40)26-15-17-30(43-6)31(21-26)44-7/h9-17,20-21,23,27H,8,18-19,22H2,1-7H3,(H,34,38)/t27-/m0/s1. The van der Waals surface area contributed by atoms with Gasteiger partial charge in [0.1, 0.15) is 24.1 Å². The molecule has 3 aromatic carbocycles. The number of carbonyl (C=O) groups is 2. The first kappa shape index (κ1) is 35.0. The zero-order valence-corrected chi connectivity index (χ0v) is 27.7. The number of nitrogens with zero attached hydrogens (tertiary/aromatic N) is 2. The van der Waals surface area contributed by atoms with Crippen LogP contribution in [0, 0.1) is 0 Å². The van der Waals surface area contributed by atoms with Gasteiger partial charge in [-0.15, -0.1) is 0 Å². The largest absolute Gasteiger partial charge is 0.497 e. The zero-order valence-electron chi connectivity index (χ0n) is 26.9. The van der Waals surface area contributed by atoms with Crippen LogP contribution in [0.2, 0.25) is 0 Å². The summed E-state index contributed by atoms with van der Waals surface area (Å²) in [7, 11) is 1.28. The summed E-state index contributed by atoms with van der Waals surface area (Å²) in [5, 5.41) is 2.90. The summed E-state index contributed by atoms with van der Waals surface area (Å²) in [5.41, 5.74) is 1.06. The van der Waals surface area contributed by atoms with Crippen LogP contribution in [0.15, 0.2) is 71.6 Å². The molecule has 0 fully saturated rings. The predicted molar refractivity (Wildman–Crippen MR) is 173 cm³/mol. The van der Waals surface area contributed by atoms with E-state index in [0.29, 0.717) is 24.3 Å². The Labute approximate surface area is 266 Å². The number of sulfonamides is 1. The summed E-state index contributed by atoms with van der Waals surface area (Å²) in [6.07, 6.45) is 0.785. The Kier molecular flexibility index (Phi) is 12.5. The molecule has 0 aliphatic carbocycles. The number of hydrogen-bond donors (Lipinski definition) is 1. The Morgan fingerprint density at radius 1 is 0.822 bits per heavy atom. The van der Waals surface area contributed by atoms with E-state index in [4.69, 9.17) is 18.9 Å². The highest BCUT2D eigenvalue weighted by molar-refractivity contribution is 7.92. The van der Waals surface area contributed by atoms with Crippen molar-refractivity contribution >= 4 is 27.5 Å². The highest BCUT2D eigenvalue weighted by atomic mass is 32.2. The van der Waals surface area contributed by atoms with Gasteiger partial charge >= 0.3 is 0 Å². The Balaban J connectivity index is 2.15. The second-order valence-corrected chi connectivity index (χ2v) is 12.3. The van der Waals surface area contributed by atoms with Gasteiger partial charge in [0.2, 0.25) is 11.8 Å². The number of amides is 2. The molecule has 0 bridgehead atoms. The fraction of sp³-hybridized carbons (Fsp3) is 0.394. The number of anilines is 1. The highest BCUT2D eigenvalue weighted by Crippen LogP contribution is 2.37. The molecule has 0 aliphatic heterocycles. The molecule has 12 heteroatoms. The highest BCUT2D eigenvalue weighted by Gasteiger charge is 2.35. The van der Waals surface area contributed by atoms with Crippen LogP contribution in [0.5, 0.6) is 23.0 Å². The summed E-state index contributed by atoms with van der Waals surface area (Å²) in [6.45, 7) is 5.06. The molecule has 45 heavy (non-hydrogen) atoms. The molecule has 0 aromatic heterocycles. The van der Waals surface area contributed by atoms with Crippen molar-refractivity contribution in [2.24, 2.45) is 0 Å². The van der Waals surface area contributed by atoms with Crippen molar-refractivity contribution in [1.29, 1.82) is 0 Å². The van der Waals surface area contributed by atoms with E-state index in [1.807, 2.05) is 51.1 Å². The maximum absolute atomic E-state index is 14.4. The van der Waals surface area contributed by atoms with Crippen molar-refractivity contribution in [2.75, 3.05) is 45.8 Å². The second-order valence-electron chi connectivity index (χ2n) is 10.5. The molecule has 2 amide bonds. The van der Waals surface area contributed by atoms with Crippen molar-refractivity contribution in [2.45, 2.75) is 50.6 Å². The lowest BCUT2D eigenvalue weighted by Gasteiger charge is -2.34. The van der Waals surface area contributed by atoms with E-state index >= 15 is 0 Å². The van der Waals surface area contributed by atoms with E-state index in [0.717, 1.165) is 9.87 Å². The quantitative estimate of drug-likeness (QED) is 0.246. The first-order valence-corrected chi connectivity index (χ1v) is 16.0. The van der Waals surface area contributed by atoms with Gasteiger partial charge < -0.3 is 29.2 Å². The maximum atomic E-state index is 14.4. The van der Waals surface area contributed by atoms with E-state index < -0.39 is 28.5 Å². The topological polar surface area (TPSA) is 124 Å². The molecule has 0 spiro atoms. The van der Waals surface area contributed by atoms with Crippen molar-refractivity contribution in [3.05, 3.63) is 72.3 Å². The maximum Gasteiger partial charge on any atom is 0.265 e. The molecule has 1 N–H and O–H groups in total. The SMILES string of the molecule is CC[C@@H](C(=O)NC(C)C)N(CCc1ccccc1)C(=O)CN(c1cc(OC)ccc1OC)S(=O)(=O)c1ccc(OC)c(OC)c1. The van der Waals surface area contributed by atoms with Gasteiger partial charge in [-0.2, -0.15) is 0 Å². The van der Waals surface area contributed by atoms with Crippen LogP contribution in [0.25, 0.3) is 0 Å². The number of nitrogens with one attached hydrogen (secondary N) is 1. The third kappa shape index (κ3) is 8.59. The number of benzene rings is 3. The molecule has 1 atom stereocenters. The monoisotopic (exact) mass is 641 g/mol. The van der Waals surface area contributed by atoms with E-state index in [1.54, 1.807) is 12.1 Å². The Bertz CT molecular complexity index is 1550. The average molecular weight is 642 g/mol. The van der Waals surface area contributed by atoms with Crippen LogP contribution in [0.4, 0.5) is 5.69 Å². The minimum atomic E-state index is -4.42. The van der Waals surface area contributed by atoms with E-state index in [2.05, 4.69) is 5.32 Å². The van der Waals surface area contributed by atoms with E-state index in [1.165, 1.54) is 57.6 Å². The minimum absolute atomic E-state index is 0.0858. The van der Waals surface area contributed by atoms with Crippen molar-refractivity contribution in [3.63, 3.8) is 0 Å². The van der Waals surface area contributed by atoms with Crippen LogP contribution in [-0.2, 0) is 26.0 Å². The van der Waals surface area contributed by atoms with Gasteiger partial charge in [0.25, 0.3) is 10.0 Å². The molecule has 0 radical (unpaired) electrons. The molecule has 3 aromatic rings. The van der Waals surface area contributed by atoms with Crippen LogP contribution < -0.4 is 28.6 Å². The van der Waals surface area contributed by atoms with Crippen LogP contribution >= 0.6 is 0 Å². The average Bonchev–Trinajstić information content (AvgIpc) is 3.04. The Hall–Kier alpha value is -4.45. The summed E-state index contributed by atoms with van der Waals surface area (Å²) >= 11 is 0. The van der Waals surface area contributed by atoms with Gasteiger partial charge in [0, 0.05) is 24.7 Å². The Morgan fingerprint density at radius 2 is 1.47 bits per heavy atom. The third-order valence-corrected chi connectivity index (χ3v) is 8.93. The van der Waals surface area contributed by atoms with Crippen LogP contribution in [-0.4, -0.2) is 78.7 Å². The zero-order chi connectivity index (χ0) is 33.1. The first-order valence-electron chi connectivity index (χ1n) is 14.6. The van der Waals surface area contributed by atoms with Gasteiger partial charge in [0.15, 0.2) is 11.5 Å². The number of methoxy groups -OCH3 is 4. The second kappa shape index (κ2) is 16.0. The minimum Gasteiger partial charge on any atom is -0.497 e. The normalized spacial score (nSPS) is 11.8. The van der Waals surface area contributed by atoms with Crippen molar-refractivity contribution in [1.82, 2.24) is 10.2 Å². The van der Waals surface area contributed by atoms with Crippen LogP contribution in [0.3, 0.4) is 0 Å². The first-order chi connectivity index (χ1) is 21.5. The lowest BCUT2D eigenvalue weighted by atomic mass is 10.1.